The molecule has 118 valence electrons. The normalized spacial score (nSPS) is 15.0. The smallest absolute Gasteiger partial charge is 0.141 e. The Morgan fingerprint density at radius 2 is 2.17 bits per heavy atom. The molecular weight excluding hydrogens is 307 g/mol. The van der Waals surface area contributed by atoms with Crippen LogP contribution in [0.25, 0.3) is 29.2 Å². The van der Waals surface area contributed by atoms with Gasteiger partial charge in [0.2, 0.25) is 0 Å². The van der Waals surface area contributed by atoms with E-state index in [4.69, 9.17) is 11.1 Å². The van der Waals surface area contributed by atoms with Gasteiger partial charge >= 0.3 is 0 Å². The number of halogens is 1. The number of hydrogen-bond acceptors (Lipinski definition) is 4. The second-order valence-electron chi connectivity index (χ2n) is 5.36. The van der Waals surface area contributed by atoms with E-state index in [2.05, 4.69) is 15.1 Å². The first kappa shape index (κ1) is 14.1. The lowest BCUT2D eigenvalue weighted by molar-refractivity contribution is 0.625. The number of imidazole rings is 1. The van der Waals surface area contributed by atoms with Gasteiger partial charge in [-0.15, -0.1) is 0 Å². The number of hydrogen-bond donors (Lipinski definition) is 3. The monoisotopic (exact) mass is 320 g/mol. The third kappa shape index (κ3) is 2.32. The van der Waals surface area contributed by atoms with E-state index in [0.29, 0.717) is 22.8 Å². The third-order valence-electron chi connectivity index (χ3n) is 3.76. The molecule has 1 aliphatic carbocycles. The molecule has 4 rings (SSSR count). The van der Waals surface area contributed by atoms with Crippen molar-refractivity contribution in [1.29, 1.82) is 5.41 Å². The molecule has 0 radical (unpaired) electrons. The van der Waals surface area contributed by atoms with E-state index >= 15 is 0 Å². The molecule has 7 heteroatoms. The van der Waals surface area contributed by atoms with Crippen LogP contribution in [0.1, 0.15) is 0 Å². The van der Waals surface area contributed by atoms with Gasteiger partial charge < -0.3 is 16.1 Å². The Hall–Kier alpha value is -3.48. The number of nitrogens with two attached hydrogens (primary N) is 1. The molecule has 0 aliphatic heterocycles. The number of benzene rings is 1. The molecule has 24 heavy (non-hydrogen) atoms. The molecule has 3 aromatic rings. The van der Waals surface area contributed by atoms with Crippen LogP contribution in [0, 0.1) is 11.2 Å². The van der Waals surface area contributed by atoms with Crippen molar-refractivity contribution in [2.24, 2.45) is 5.73 Å². The number of rotatable bonds is 2. The summed E-state index contributed by atoms with van der Waals surface area (Å²) in [6, 6.07) is 6.20. The molecule has 0 saturated heterocycles. The second kappa shape index (κ2) is 5.31. The zero-order valence-electron chi connectivity index (χ0n) is 12.5. The number of allylic oxidation sites excluding steroid dienone is 1. The van der Waals surface area contributed by atoms with Gasteiger partial charge in [-0.3, -0.25) is 0 Å². The summed E-state index contributed by atoms with van der Waals surface area (Å²) in [4.78, 5) is 7.68. The summed E-state index contributed by atoms with van der Waals surface area (Å²) in [5, 5.41) is 13.6. The van der Waals surface area contributed by atoms with Crippen LogP contribution in [0.15, 0.2) is 48.4 Å². The lowest BCUT2D eigenvalue weighted by atomic mass is 10.1. The van der Waals surface area contributed by atoms with Gasteiger partial charge in [-0.05, 0) is 30.4 Å². The predicted molar refractivity (Wildman–Crippen MR) is 89.3 cm³/mol. The van der Waals surface area contributed by atoms with E-state index in [1.807, 2.05) is 0 Å². The Morgan fingerprint density at radius 3 is 2.96 bits per heavy atom. The fourth-order valence-electron chi connectivity index (χ4n) is 2.55. The maximum atomic E-state index is 13.3. The lowest BCUT2D eigenvalue weighted by Crippen LogP contribution is -2.30. The van der Waals surface area contributed by atoms with Gasteiger partial charge in [0.05, 0.1) is 33.9 Å². The zero-order valence-corrected chi connectivity index (χ0v) is 12.5. The van der Waals surface area contributed by atoms with Gasteiger partial charge in [-0.1, -0.05) is 6.07 Å². The molecule has 1 aromatic carbocycles. The first-order chi connectivity index (χ1) is 11.6. The van der Waals surface area contributed by atoms with Crippen LogP contribution in [-0.2, 0) is 0 Å². The second-order valence-corrected chi connectivity index (χ2v) is 5.36. The Balaban J connectivity index is 1.77. The summed E-state index contributed by atoms with van der Waals surface area (Å²) in [5.74, 6) is 0.308. The molecule has 4 N–H and O–H groups in total. The maximum Gasteiger partial charge on any atom is 0.141 e. The average Bonchev–Trinajstić information content (AvgIpc) is 3.20. The van der Waals surface area contributed by atoms with Gasteiger partial charge in [0.25, 0.3) is 0 Å². The number of fused-ring (bicyclic) bond motifs is 1. The SMILES string of the molecule is N=C1C=c2[nH]c(-c3cnn(-c4cccc(F)c4)c3)nc2=C/C1=C/N. The van der Waals surface area contributed by atoms with Crippen LogP contribution < -0.4 is 16.4 Å². The number of H-pyrrole nitrogens is 1. The van der Waals surface area contributed by atoms with E-state index in [1.54, 1.807) is 41.4 Å². The zero-order chi connectivity index (χ0) is 16.7. The summed E-state index contributed by atoms with van der Waals surface area (Å²) in [5.41, 5.74) is 7.86. The van der Waals surface area contributed by atoms with Gasteiger partial charge in [-0.25, -0.2) is 14.1 Å². The molecule has 0 amide bonds. The average molecular weight is 320 g/mol. The van der Waals surface area contributed by atoms with Crippen molar-refractivity contribution in [3.63, 3.8) is 0 Å². The Kier molecular flexibility index (Phi) is 3.13. The highest BCUT2D eigenvalue weighted by Gasteiger charge is 2.11. The largest absolute Gasteiger partial charge is 0.404 e. The standard InChI is InChI=1S/C17H13FN6/c18-12-2-1-3-13(5-12)24-9-11(8-21-24)17-22-15-4-10(7-19)14(20)6-16(15)23-17/h1-9,20H,19H2,(H,22,23)/b10-7-,20-14?. The van der Waals surface area contributed by atoms with Crippen molar-refractivity contribution in [2.75, 3.05) is 0 Å². The Morgan fingerprint density at radius 1 is 1.29 bits per heavy atom. The minimum atomic E-state index is -0.318. The van der Waals surface area contributed by atoms with E-state index in [9.17, 15) is 4.39 Å². The van der Waals surface area contributed by atoms with Crippen LogP contribution in [0.4, 0.5) is 4.39 Å². The van der Waals surface area contributed by atoms with Crippen LogP contribution >= 0.6 is 0 Å². The lowest BCUT2D eigenvalue weighted by Gasteiger charge is -2.00. The summed E-state index contributed by atoms with van der Waals surface area (Å²) in [6.45, 7) is 0. The van der Waals surface area contributed by atoms with Crippen molar-refractivity contribution in [3.05, 3.63) is 64.9 Å². The van der Waals surface area contributed by atoms with E-state index < -0.39 is 0 Å². The molecule has 0 atom stereocenters. The predicted octanol–water partition coefficient (Wildman–Crippen LogP) is 0.838. The van der Waals surface area contributed by atoms with Gasteiger partial charge in [-0.2, -0.15) is 5.10 Å². The van der Waals surface area contributed by atoms with Crippen LogP contribution in [0.2, 0.25) is 0 Å². The molecule has 0 unspecified atom stereocenters. The van der Waals surface area contributed by atoms with E-state index in [1.165, 1.54) is 18.3 Å². The molecule has 0 spiro atoms. The number of nitrogens with zero attached hydrogens (tertiary/aromatic N) is 3. The van der Waals surface area contributed by atoms with Crippen molar-refractivity contribution in [1.82, 2.24) is 19.7 Å². The molecule has 6 nitrogen and oxygen atoms in total. The highest BCUT2D eigenvalue weighted by molar-refractivity contribution is 6.23. The molecule has 2 heterocycles. The Bertz CT molecular complexity index is 1100. The maximum absolute atomic E-state index is 13.3. The Labute approximate surface area is 136 Å². The summed E-state index contributed by atoms with van der Waals surface area (Å²) >= 11 is 0. The van der Waals surface area contributed by atoms with Crippen molar-refractivity contribution in [3.8, 4) is 17.1 Å². The highest BCUT2D eigenvalue weighted by Crippen LogP contribution is 2.15. The number of aromatic nitrogens is 4. The highest BCUT2D eigenvalue weighted by atomic mass is 19.1. The van der Waals surface area contributed by atoms with E-state index in [-0.39, 0.29) is 5.82 Å². The van der Waals surface area contributed by atoms with Crippen molar-refractivity contribution in [2.45, 2.75) is 0 Å². The van der Waals surface area contributed by atoms with E-state index in [0.717, 1.165) is 16.3 Å². The van der Waals surface area contributed by atoms with Gasteiger partial charge in [0.1, 0.15) is 11.6 Å². The molecule has 0 bridgehead atoms. The van der Waals surface area contributed by atoms with Gasteiger partial charge in [0, 0.05) is 18.0 Å². The van der Waals surface area contributed by atoms with Crippen molar-refractivity contribution >= 4 is 17.9 Å². The van der Waals surface area contributed by atoms with Crippen LogP contribution in [-0.4, -0.2) is 25.5 Å². The minimum absolute atomic E-state index is 0.318. The van der Waals surface area contributed by atoms with Crippen LogP contribution in [0.5, 0.6) is 0 Å². The molecule has 0 fully saturated rings. The summed E-state index contributed by atoms with van der Waals surface area (Å²) < 4.78 is 14.9. The van der Waals surface area contributed by atoms with Crippen molar-refractivity contribution < 1.29 is 4.39 Å². The topological polar surface area (TPSA) is 96.4 Å². The first-order valence-electron chi connectivity index (χ1n) is 7.25. The fraction of sp³-hybridized carbons (Fsp3) is 0. The quantitative estimate of drug-likeness (QED) is 0.653. The summed E-state index contributed by atoms with van der Waals surface area (Å²) in [6.07, 6.45) is 8.25. The molecular formula is C17H13FN6. The molecule has 1 aliphatic rings. The first-order valence-corrected chi connectivity index (χ1v) is 7.25. The third-order valence-corrected chi connectivity index (χ3v) is 3.76. The molecule has 2 aromatic heterocycles. The number of nitrogens with one attached hydrogen (secondary N) is 2. The molecule has 0 saturated carbocycles. The van der Waals surface area contributed by atoms with Crippen LogP contribution in [0.3, 0.4) is 0 Å². The number of aromatic amines is 1. The van der Waals surface area contributed by atoms with Gasteiger partial charge in [0.15, 0.2) is 0 Å². The fourth-order valence-corrected chi connectivity index (χ4v) is 2.55. The minimum Gasteiger partial charge on any atom is -0.404 e. The summed E-state index contributed by atoms with van der Waals surface area (Å²) in [7, 11) is 0.